The molecule has 1 saturated heterocycles. The van der Waals surface area contributed by atoms with Crippen molar-refractivity contribution in [2.24, 2.45) is 0 Å². The first kappa shape index (κ1) is 13.7. The Morgan fingerprint density at radius 1 is 1.15 bits per heavy atom. The first-order valence-electron chi connectivity index (χ1n) is 7.07. The lowest BCUT2D eigenvalue weighted by atomic mass is 10.0. The van der Waals surface area contributed by atoms with Gasteiger partial charge in [0.15, 0.2) is 0 Å². The molecule has 1 aliphatic rings. The monoisotopic (exact) mass is 330 g/mol. The third-order valence-corrected chi connectivity index (χ3v) is 4.72. The van der Waals surface area contributed by atoms with Crippen LogP contribution >= 0.6 is 15.9 Å². The Kier molecular flexibility index (Phi) is 4.08. The van der Waals surface area contributed by atoms with Crippen LogP contribution in [0, 0.1) is 0 Å². The molecule has 2 aromatic rings. The summed E-state index contributed by atoms with van der Waals surface area (Å²) in [5.41, 5.74) is 9.50. The second-order valence-electron chi connectivity index (χ2n) is 5.40. The summed E-state index contributed by atoms with van der Waals surface area (Å²) in [4.78, 5) is 2.55. The predicted octanol–water partition coefficient (Wildman–Crippen LogP) is 4.37. The van der Waals surface area contributed by atoms with Gasteiger partial charge in [-0.2, -0.15) is 0 Å². The summed E-state index contributed by atoms with van der Waals surface area (Å²) in [5.74, 6) is 0. The number of halogens is 1. The van der Waals surface area contributed by atoms with Gasteiger partial charge in [0, 0.05) is 22.7 Å². The zero-order chi connectivity index (χ0) is 13.9. The Morgan fingerprint density at radius 3 is 2.70 bits per heavy atom. The number of nitrogens with zero attached hydrogens (tertiary/aromatic N) is 1. The molecule has 104 valence electrons. The number of benzene rings is 2. The molecule has 2 N–H and O–H groups in total. The largest absolute Gasteiger partial charge is 0.398 e. The fourth-order valence-electron chi connectivity index (χ4n) is 2.99. The Bertz CT molecular complexity index is 583. The topological polar surface area (TPSA) is 29.3 Å². The second kappa shape index (κ2) is 5.98. The number of rotatable bonds is 3. The van der Waals surface area contributed by atoms with E-state index in [1.165, 1.54) is 24.0 Å². The average molecular weight is 331 g/mol. The van der Waals surface area contributed by atoms with Gasteiger partial charge in [0.2, 0.25) is 0 Å². The number of anilines is 1. The number of nitrogen functional groups attached to an aromatic ring is 1. The molecule has 1 atom stereocenters. The lowest BCUT2D eigenvalue weighted by Gasteiger charge is -2.25. The zero-order valence-electron chi connectivity index (χ0n) is 11.4. The third kappa shape index (κ3) is 2.89. The Hall–Kier alpha value is -1.32. The second-order valence-corrected chi connectivity index (χ2v) is 6.25. The van der Waals surface area contributed by atoms with Crippen LogP contribution in [0.1, 0.15) is 30.0 Å². The highest BCUT2D eigenvalue weighted by Gasteiger charge is 2.25. The Balaban J connectivity index is 1.77. The van der Waals surface area contributed by atoms with Gasteiger partial charge in [-0.3, -0.25) is 4.90 Å². The maximum absolute atomic E-state index is 5.98. The molecule has 2 aromatic carbocycles. The van der Waals surface area contributed by atoms with Gasteiger partial charge in [-0.05, 0) is 58.6 Å². The minimum absolute atomic E-state index is 0.543. The van der Waals surface area contributed by atoms with E-state index in [0.29, 0.717) is 6.04 Å². The van der Waals surface area contributed by atoms with Crippen LogP contribution in [-0.4, -0.2) is 11.4 Å². The molecule has 0 spiro atoms. The number of hydrogen-bond acceptors (Lipinski definition) is 2. The molecule has 0 amide bonds. The van der Waals surface area contributed by atoms with E-state index in [2.05, 4.69) is 63.3 Å². The molecule has 0 aromatic heterocycles. The van der Waals surface area contributed by atoms with E-state index in [1.54, 1.807) is 0 Å². The molecule has 3 rings (SSSR count). The van der Waals surface area contributed by atoms with Gasteiger partial charge in [0.25, 0.3) is 0 Å². The molecule has 20 heavy (non-hydrogen) atoms. The van der Waals surface area contributed by atoms with Gasteiger partial charge >= 0.3 is 0 Å². The van der Waals surface area contributed by atoms with Crippen LogP contribution < -0.4 is 5.73 Å². The quantitative estimate of drug-likeness (QED) is 0.847. The third-order valence-electron chi connectivity index (χ3n) is 3.99. The van der Waals surface area contributed by atoms with E-state index in [1.807, 2.05) is 6.07 Å². The zero-order valence-corrected chi connectivity index (χ0v) is 13.0. The molecule has 1 fully saturated rings. The van der Waals surface area contributed by atoms with E-state index < -0.39 is 0 Å². The number of likely N-dealkylation sites (tertiary alicyclic amines) is 1. The normalized spacial score (nSPS) is 19.4. The molecule has 1 aliphatic heterocycles. The maximum atomic E-state index is 5.98. The summed E-state index contributed by atoms with van der Waals surface area (Å²) in [6, 6.07) is 17.6. The molecular weight excluding hydrogens is 312 g/mol. The summed E-state index contributed by atoms with van der Waals surface area (Å²) >= 11 is 3.45. The lowest BCUT2D eigenvalue weighted by molar-refractivity contribution is 0.248. The highest BCUT2D eigenvalue weighted by molar-refractivity contribution is 9.10. The fraction of sp³-hybridized carbons (Fsp3) is 0.294. The Morgan fingerprint density at radius 2 is 1.95 bits per heavy atom. The highest BCUT2D eigenvalue weighted by Crippen LogP contribution is 2.33. The summed E-state index contributed by atoms with van der Waals surface area (Å²) in [6.45, 7) is 2.13. The summed E-state index contributed by atoms with van der Waals surface area (Å²) in [7, 11) is 0. The summed E-state index contributed by atoms with van der Waals surface area (Å²) in [6.07, 6.45) is 2.52. The van der Waals surface area contributed by atoms with Crippen molar-refractivity contribution in [2.75, 3.05) is 12.3 Å². The first-order valence-corrected chi connectivity index (χ1v) is 7.86. The van der Waals surface area contributed by atoms with Gasteiger partial charge in [0.1, 0.15) is 0 Å². The van der Waals surface area contributed by atoms with Crippen molar-refractivity contribution in [2.45, 2.75) is 25.4 Å². The van der Waals surface area contributed by atoms with Crippen molar-refractivity contribution in [3.63, 3.8) is 0 Å². The van der Waals surface area contributed by atoms with Crippen molar-refractivity contribution in [3.8, 4) is 0 Å². The van der Waals surface area contributed by atoms with Crippen LogP contribution in [0.25, 0.3) is 0 Å². The van der Waals surface area contributed by atoms with E-state index in [0.717, 1.165) is 23.2 Å². The molecule has 3 heteroatoms. The number of hydrogen-bond donors (Lipinski definition) is 1. The molecule has 0 bridgehead atoms. The molecule has 0 saturated carbocycles. The maximum Gasteiger partial charge on any atom is 0.0461 e. The molecule has 0 radical (unpaired) electrons. The Labute approximate surface area is 128 Å². The van der Waals surface area contributed by atoms with Crippen LogP contribution in [0.5, 0.6) is 0 Å². The first-order chi connectivity index (χ1) is 9.74. The van der Waals surface area contributed by atoms with Crippen LogP contribution in [0.15, 0.2) is 53.0 Å². The fourth-order valence-corrected chi connectivity index (χ4v) is 3.24. The van der Waals surface area contributed by atoms with E-state index >= 15 is 0 Å². The standard InChI is InChI=1S/C17H19BrN2/c18-15-9-8-13(11-16(15)19)12-20-10-4-7-17(20)14-5-2-1-3-6-14/h1-3,5-6,8-9,11,17H,4,7,10,12,19H2. The SMILES string of the molecule is Nc1cc(CN2CCCC2c2ccccc2)ccc1Br. The van der Waals surface area contributed by atoms with Gasteiger partial charge in [-0.25, -0.2) is 0 Å². The molecule has 2 nitrogen and oxygen atoms in total. The number of nitrogens with two attached hydrogens (primary N) is 1. The van der Waals surface area contributed by atoms with Gasteiger partial charge in [0.05, 0.1) is 0 Å². The minimum Gasteiger partial charge on any atom is -0.398 e. The van der Waals surface area contributed by atoms with Crippen LogP contribution in [0.3, 0.4) is 0 Å². The van der Waals surface area contributed by atoms with Gasteiger partial charge < -0.3 is 5.73 Å². The van der Waals surface area contributed by atoms with Crippen LogP contribution in [0.2, 0.25) is 0 Å². The van der Waals surface area contributed by atoms with E-state index in [4.69, 9.17) is 5.73 Å². The van der Waals surface area contributed by atoms with Crippen LogP contribution in [0.4, 0.5) is 5.69 Å². The summed E-state index contributed by atoms with van der Waals surface area (Å²) in [5, 5.41) is 0. The molecular formula is C17H19BrN2. The molecule has 0 aliphatic carbocycles. The smallest absolute Gasteiger partial charge is 0.0461 e. The van der Waals surface area contributed by atoms with Crippen molar-refractivity contribution in [1.29, 1.82) is 0 Å². The molecule has 1 heterocycles. The van der Waals surface area contributed by atoms with Gasteiger partial charge in [-0.1, -0.05) is 36.4 Å². The van der Waals surface area contributed by atoms with E-state index in [-0.39, 0.29) is 0 Å². The minimum atomic E-state index is 0.543. The van der Waals surface area contributed by atoms with Crippen molar-refractivity contribution in [1.82, 2.24) is 4.90 Å². The lowest BCUT2D eigenvalue weighted by Crippen LogP contribution is -2.22. The molecule has 1 unspecified atom stereocenters. The van der Waals surface area contributed by atoms with Crippen molar-refractivity contribution in [3.05, 3.63) is 64.1 Å². The van der Waals surface area contributed by atoms with Crippen LogP contribution in [-0.2, 0) is 6.54 Å². The van der Waals surface area contributed by atoms with Crippen molar-refractivity contribution >= 4 is 21.6 Å². The van der Waals surface area contributed by atoms with Gasteiger partial charge in [-0.15, -0.1) is 0 Å². The predicted molar refractivity (Wildman–Crippen MR) is 87.4 cm³/mol. The highest BCUT2D eigenvalue weighted by atomic mass is 79.9. The van der Waals surface area contributed by atoms with Crippen molar-refractivity contribution < 1.29 is 0 Å². The van der Waals surface area contributed by atoms with E-state index in [9.17, 15) is 0 Å². The average Bonchev–Trinajstić information content (AvgIpc) is 2.92. The summed E-state index contributed by atoms with van der Waals surface area (Å²) < 4.78 is 0.974.